The van der Waals surface area contributed by atoms with Crippen LogP contribution in [0.4, 0.5) is 4.79 Å². The average Bonchev–Trinajstić information content (AvgIpc) is 3.65. The van der Waals surface area contributed by atoms with Gasteiger partial charge in [0.25, 0.3) is 0 Å². The number of nitrogens with one attached hydrogen (secondary N) is 2. The number of amides is 2. The second-order valence-electron chi connectivity index (χ2n) is 12.9. The monoisotopic (exact) mass is 639 g/mol. The molecule has 1 aliphatic carbocycles. The Kier molecular flexibility index (Phi) is 10.8. The Labute approximate surface area is 277 Å². The molecule has 0 saturated carbocycles. The van der Waals surface area contributed by atoms with Gasteiger partial charge in [-0.1, -0.05) is 92.7 Å². The molecule has 0 bridgehead atoms. The molecule has 3 aromatic rings. The van der Waals surface area contributed by atoms with Crippen LogP contribution in [0.2, 0.25) is 0 Å². The van der Waals surface area contributed by atoms with Gasteiger partial charge >= 0.3 is 12.1 Å². The smallest absolute Gasteiger partial charge is 0.407 e. The number of ketones is 1. The molecule has 1 heterocycles. The maximum atomic E-state index is 14.3. The standard InChI is InChI=1S/C38H45N3O6/c1-4-46-35(44)38(21-12-23-41(38)24-20-33(42)39-22-19-27-13-6-5-7-14-27)34(43)37(2,3)26-40-36(45)47-25-32-30-17-10-8-15-28(30)29-16-9-11-18-31(29)32/h5-11,13-18,32H,4,12,19-26H2,1-3H3,(H,39,42)(H,40,45). The predicted octanol–water partition coefficient (Wildman–Crippen LogP) is 5.27. The Morgan fingerprint density at radius 3 is 2.17 bits per heavy atom. The number of hydrogen-bond acceptors (Lipinski definition) is 7. The largest absolute Gasteiger partial charge is 0.464 e. The average molecular weight is 640 g/mol. The van der Waals surface area contributed by atoms with Crippen molar-refractivity contribution in [1.29, 1.82) is 0 Å². The van der Waals surface area contributed by atoms with Gasteiger partial charge in [0.05, 0.1) is 6.61 Å². The fourth-order valence-electron chi connectivity index (χ4n) is 6.91. The molecule has 1 aliphatic heterocycles. The lowest BCUT2D eigenvalue weighted by Crippen LogP contribution is -2.62. The minimum Gasteiger partial charge on any atom is -0.464 e. The molecular weight excluding hydrogens is 594 g/mol. The van der Waals surface area contributed by atoms with E-state index < -0.39 is 23.0 Å². The zero-order chi connectivity index (χ0) is 33.4. The van der Waals surface area contributed by atoms with Crippen LogP contribution in [-0.4, -0.2) is 73.6 Å². The van der Waals surface area contributed by atoms with Crippen LogP contribution in [0.25, 0.3) is 11.1 Å². The molecule has 2 N–H and O–H groups in total. The number of fused-ring (bicyclic) bond motifs is 3. The lowest BCUT2D eigenvalue weighted by Gasteiger charge is -2.40. The molecule has 2 aliphatic rings. The molecule has 1 fully saturated rings. The second-order valence-corrected chi connectivity index (χ2v) is 12.9. The van der Waals surface area contributed by atoms with Crippen molar-refractivity contribution < 1.29 is 28.7 Å². The summed E-state index contributed by atoms with van der Waals surface area (Å²) in [5.41, 5.74) is 2.97. The second kappa shape index (κ2) is 14.9. The van der Waals surface area contributed by atoms with Crippen LogP contribution in [0.3, 0.4) is 0 Å². The third-order valence-corrected chi connectivity index (χ3v) is 9.32. The number of esters is 1. The van der Waals surface area contributed by atoms with Gasteiger partial charge in [-0.05, 0) is 60.5 Å². The number of rotatable bonds is 14. The van der Waals surface area contributed by atoms with Crippen LogP contribution in [0.15, 0.2) is 78.9 Å². The maximum Gasteiger partial charge on any atom is 0.407 e. The predicted molar refractivity (Wildman–Crippen MR) is 180 cm³/mol. The summed E-state index contributed by atoms with van der Waals surface area (Å²) in [6.07, 6.45) is 1.12. The molecule has 1 atom stereocenters. The molecular formula is C38H45N3O6. The van der Waals surface area contributed by atoms with Gasteiger partial charge in [-0.25, -0.2) is 9.59 Å². The fraction of sp³-hybridized carbons (Fsp3) is 0.421. The summed E-state index contributed by atoms with van der Waals surface area (Å²) < 4.78 is 11.2. The van der Waals surface area contributed by atoms with Crippen molar-refractivity contribution in [1.82, 2.24) is 15.5 Å². The van der Waals surface area contributed by atoms with Gasteiger partial charge in [0.15, 0.2) is 11.3 Å². The van der Waals surface area contributed by atoms with E-state index in [4.69, 9.17) is 9.47 Å². The van der Waals surface area contributed by atoms with Crippen LogP contribution in [0.1, 0.15) is 62.6 Å². The summed E-state index contributed by atoms with van der Waals surface area (Å²) in [7, 11) is 0. The van der Waals surface area contributed by atoms with Crippen LogP contribution in [0.5, 0.6) is 0 Å². The highest BCUT2D eigenvalue weighted by molar-refractivity contribution is 6.11. The van der Waals surface area contributed by atoms with Crippen molar-refractivity contribution in [2.24, 2.45) is 5.41 Å². The summed E-state index contributed by atoms with van der Waals surface area (Å²) in [5, 5.41) is 5.72. The Bertz CT molecular complexity index is 1540. The molecule has 1 saturated heterocycles. The molecule has 9 heteroatoms. The van der Waals surface area contributed by atoms with E-state index in [1.54, 1.807) is 25.7 Å². The van der Waals surface area contributed by atoms with Gasteiger partial charge < -0.3 is 20.1 Å². The number of ether oxygens (including phenoxy) is 2. The molecule has 1 unspecified atom stereocenters. The third-order valence-electron chi connectivity index (χ3n) is 9.32. The number of carbonyl (C=O) groups excluding carboxylic acids is 4. The van der Waals surface area contributed by atoms with Gasteiger partial charge in [0, 0.05) is 37.4 Å². The number of nitrogens with zero attached hydrogens (tertiary/aromatic N) is 1. The van der Waals surface area contributed by atoms with Crippen LogP contribution >= 0.6 is 0 Å². The summed E-state index contributed by atoms with van der Waals surface area (Å²) in [4.78, 5) is 55.3. The van der Waals surface area contributed by atoms with Crippen LogP contribution < -0.4 is 10.6 Å². The van der Waals surface area contributed by atoms with E-state index >= 15 is 0 Å². The highest BCUT2D eigenvalue weighted by Crippen LogP contribution is 2.44. The number of likely N-dealkylation sites (tertiary alicyclic amines) is 1. The molecule has 0 spiro atoms. The van der Waals surface area contributed by atoms with Crippen molar-refractivity contribution in [3.63, 3.8) is 0 Å². The molecule has 0 aromatic heterocycles. The summed E-state index contributed by atoms with van der Waals surface area (Å²) in [6, 6.07) is 26.1. The molecule has 0 radical (unpaired) electrons. The number of alkyl carbamates (subject to hydrolysis) is 1. The van der Waals surface area contributed by atoms with Crippen molar-refractivity contribution >= 4 is 23.8 Å². The van der Waals surface area contributed by atoms with E-state index in [2.05, 4.69) is 34.9 Å². The quantitative estimate of drug-likeness (QED) is 0.183. The van der Waals surface area contributed by atoms with Crippen LogP contribution in [-0.2, 0) is 30.3 Å². The number of carbonyl (C=O) groups is 4. The van der Waals surface area contributed by atoms with E-state index in [-0.39, 0.29) is 56.8 Å². The SMILES string of the molecule is CCOC(=O)C1(C(=O)C(C)(C)CNC(=O)OCC2c3ccccc3-c3ccccc32)CCCN1CCC(=O)NCCc1ccccc1. The maximum absolute atomic E-state index is 14.3. The number of benzene rings is 3. The number of hydrogen-bond donors (Lipinski definition) is 2. The zero-order valence-corrected chi connectivity index (χ0v) is 27.6. The first-order valence-electron chi connectivity index (χ1n) is 16.5. The first-order valence-corrected chi connectivity index (χ1v) is 16.5. The topological polar surface area (TPSA) is 114 Å². The third kappa shape index (κ3) is 7.41. The van der Waals surface area contributed by atoms with E-state index in [1.165, 1.54) is 0 Å². The van der Waals surface area contributed by atoms with Gasteiger partial charge in [-0.2, -0.15) is 0 Å². The Hall–Kier alpha value is -4.50. The highest BCUT2D eigenvalue weighted by Gasteiger charge is 2.58. The van der Waals surface area contributed by atoms with Gasteiger partial charge in [0.2, 0.25) is 5.91 Å². The van der Waals surface area contributed by atoms with E-state index in [0.717, 1.165) is 27.8 Å². The lowest BCUT2D eigenvalue weighted by atomic mass is 9.75. The minimum absolute atomic E-state index is 0.0303. The van der Waals surface area contributed by atoms with Gasteiger partial charge in [-0.3, -0.25) is 14.5 Å². The van der Waals surface area contributed by atoms with Gasteiger partial charge in [0.1, 0.15) is 6.61 Å². The summed E-state index contributed by atoms with van der Waals surface area (Å²) in [6.45, 7) is 6.60. The first-order chi connectivity index (χ1) is 22.7. The van der Waals surface area contributed by atoms with Crippen LogP contribution in [0, 0.1) is 5.41 Å². The Morgan fingerprint density at radius 2 is 1.51 bits per heavy atom. The number of Topliss-reactive ketones (excluding diaryl/α,β-unsaturated/α-hetero) is 1. The normalized spacial score (nSPS) is 17.4. The van der Waals surface area contributed by atoms with E-state index in [9.17, 15) is 19.2 Å². The molecule has 2 amide bonds. The molecule has 3 aromatic carbocycles. The summed E-state index contributed by atoms with van der Waals surface area (Å²) in [5.74, 6) is -1.18. The first kappa shape index (κ1) is 33.9. The van der Waals surface area contributed by atoms with Crippen molar-refractivity contribution in [3.05, 3.63) is 95.6 Å². The molecule has 248 valence electrons. The van der Waals surface area contributed by atoms with Crippen molar-refractivity contribution in [2.75, 3.05) is 39.4 Å². The van der Waals surface area contributed by atoms with E-state index in [1.807, 2.05) is 54.6 Å². The highest BCUT2D eigenvalue weighted by atomic mass is 16.5. The Morgan fingerprint density at radius 1 is 0.872 bits per heavy atom. The van der Waals surface area contributed by atoms with Gasteiger partial charge in [-0.15, -0.1) is 0 Å². The molecule has 47 heavy (non-hydrogen) atoms. The minimum atomic E-state index is -1.54. The lowest BCUT2D eigenvalue weighted by molar-refractivity contribution is -0.164. The van der Waals surface area contributed by atoms with Crippen molar-refractivity contribution in [3.8, 4) is 11.1 Å². The summed E-state index contributed by atoms with van der Waals surface area (Å²) >= 11 is 0. The fourth-order valence-corrected chi connectivity index (χ4v) is 6.91. The van der Waals surface area contributed by atoms with E-state index in [0.29, 0.717) is 25.9 Å². The zero-order valence-electron chi connectivity index (χ0n) is 27.6. The molecule has 5 rings (SSSR count). The molecule has 9 nitrogen and oxygen atoms in total. The Balaban J connectivity index is 1.19. The van der Waals surface area contributed by atoms with Crippen molar-refractivity contribution in [2.45, 2.75) is 57.9 Å².